The number of hydrogen-bond donors (Lipinski definition) is 0. The van der Waals surface area contributed by atoms with Crippen LogP contribution in [0.4, 0.5) is 4.79 Å². The lowest BCUT2D eigenvalue weighted by atomic mass is 10.1. The number of amides is 1. The van der Waals surface area contributed by atoms with Gasteiger partial charge in [0.15, 0.2) is 0 Å². The first-order valence-corrected chi connectivity index (χ1v) is 15.9. The number of ether oxygens (including phenoxy) is 4. The second-order valence-electron chi connectivity index (χ2n) is 12.5. The molecule has 1 aliphatic rings. The molecule has 0 aliphatic carbocycles. The number of unbranched alkanes of at least 4 members (excludes halogenated alkanes) is 2. The Kier molecular flexibility index (Phi) is 10.7. The van der Waals surface area contributed by atoms with E-state index in [4.69, 9.17) is 18.9 Å². The van der Waals surface area contributed by atoms with Gasteiger partial charge in [0.1, 0.15) is 5.60 Å². The van der Waals surface area contributed by atoms with Gasteiger partial charge < -0.3 is 28.4 Å². The second kappa shape index (κ2) is 14.9. The standard InChI is InChI=1S/C35H46N4O5/c1-35(2,3)44-34(40)39-17-14-28(15-18-39)42-21-7-5-19-41-20-6-8-22-43-33-12-10-27(24-37-33)26-9-11-29-30-25-36-16-13-31(30)38(4)32(29)23-26/h9-13,16,23-25,28H,5-8,14-15,17-22H2,1-4H3. The van der Waals surface area contributed by atoms with Crippen molar-refractivity contribution in [3.05, 3.63) is 55.0 Å². The van der Waals surface area contributed by atoms with Crippen molar-refractivity contribution >= 4 is 27.9 Å². The molecule has 4 heterocycles. The number of rotatable bonds is 13. The Bertz CT molecular complexity index is 1500. The highest BCUT2D eigenvalue weighted by Gasteiger charge is 2.27. The molecule has 4 aromatic rings. The Morgan fingerprint density at radius 3 is 2.32 bits per heavy atom. The van der Waals surface area contributed by atoms with Crippen molar-refractivity contribution in [2.24, 2.45) is 7.05 Å². The molecule has 5 rings (SSSR count). The minimum Gasteiger partial charge on any atom is -0.478 e. The SMILES string of the molecule is Cn1c2ccncc2c2ccc(-c3ccc(OCCCCOCCCCOC4CCN(C(=O)OC(C)(C)C)CC4)nc3)cc21. The van der Waals surface area contributed by atoms with Crippen molar-refractivity contribution in [1.82, 2.24) is 19.4 Å². The fraction of sp³-hybridized carbons (Fsp3) is 0.514. The number of carbonyl (C=O) groups is 1. The normalized spacial score (nSPS) is 14.4. The van der Waals surface area contributed by atoms with Crippen LogP contribution in [0.2, 0.25) is 0 Å². The third kappa shape index (κ3) is 8.48. The first-order valence-electron chi connectivity index (χ1n) is 15.9. The third-order valence-corrected chi connectivity index (χ3v) is 7.94. The number of pyridine rings is 2. The Morgan fingerprint density at radius 1 is 0.864 bits per heavy atom. The predicted molar refractivity (Wildman–Crippen MR) is 173 cm³/mol. The lowest BCUT2D eigenvalue weighted by Crippen LogP contribution is -2.43. The predicted octanol–water partition coefficient (Wildman–Crippen LogP) is 7.16. The molecule has 0 spiro atoms. The molecule has 1 aromatic carbocycles. The molecule has 3 aromatic heterocycles. The van der Waals surface area contributed by atoms with Crippen molar-refractivity contribution < 1.29 is 23.7 Å². The highest BCUT2D eigenvalue weighted by atomic mass is 16.6. The highest BCUT2D eigenvalue weighted by molar-refractivity contribution is 6.08. The van der Waals surface area contributed by atoms with E-state index in [0.29, 0.717) is 25.6 Å². The third-order valence-electron chi connectivity index (χ3n) is 7.94. The maximum Gasteiger partial charge on any atom is 0.410 e. The van der Waals surface area contributed by atoms with E-state index >= 15 is 0 Å². The summed E-state index contributed by atoms with van der Waals surface area (Å²) in [5, 5.41) is 2.37. The maximum atomic E-state index is 12.2. The first kappa shape index (κ1) is 31.7. The average molecular weight is 603 g/mol. The lowest BCUT2D eigenvalue weighted by molar-refractivity contribution is -0.0132. The highest BCUT2D eigenvalue weighted by Crippen LogP contribution is 2.31. The van der Waals surface area contributed by atoms with Crippen LogP contribution in [0.1, 0.15) is 59.3 Å². The molecule has 1 amide bonds. The largest absolute Gasteiger partial charge is 0.478 e. The van der Waals surface area contributed by atoms with Crippen LogP contribution in [0.25, 0.3) is 32.9 Å². The Morgan fingerprint density at radius 2 is 1.59 bits per heavy atom. The van der Waals surface area contributed by atoms with Crippen molar-refractivity contribution in [2.75, 3.05) is 39.5 Å². The molecule has 1 aliphatic heterocycles. The minimum atomic E-state index is -0.458. The molecule has 236 valence electrons. The fourth-order valence-electron chi connectivity index (χ4n) is 5.54. The molecule has 44 heavy (non-hydrogen) atoms. The number of hydrogen-bond acceptors (Lipinski definition) is 7. The molecule has 9 heteroatoms. The summed E-state index contributed by atoms with van der Waals surface area (Å²) in [7, 11) is 2.09. The summed E-state index contributed by atoms with van der Waals surface area (Å²) in [6, 6.07) is 12.6. The van der Waals surface area contributed by atoms with Crippen LogP contribution in [-0.2, 0) is 21.3 Å². The molecule has 1 fully saturated rings. The van der Waals surface area contributed by atoms with Gasteiger partial charge in [-0.15, -0.1) is 0 Å². The zero-order chi connectivity index (χ0) is 30.9. The van der Waals surface area contributed by atoms with Gasteiger partial charge in [-0.3, -0.25) is 4.98 Å². The van der Waals surface area contributed by atoms with Crippen molar-refractivity contribution in [3.8, 4) is 17.0 Å². The molecule has 0 N–H and O–H groups in total. The minimum absolute atomic E-state index is 0.220. The van der Waals surface area contributed by atoms with Crippen LogP contribution >= 0.6 is 0 Å². The Hall–Kier alpha value is -3.69. The quantitative estimate of drug-likeness (QED) is 0.150. The van der Waals surface area contributed by atoms with Gasteiger partial charge in [-0.1, -0.05) is 12.1 Å². The van der Waals surface area contributed by atoms with Crippen molar-refractivity contribution in [3.63, 3.8) is 0 Å². The first-order chi connectivity index (χ1) is 21.3. The van der Waals surface area contributed by atoms with E-state index in [1.807, 2.05) is 45.4 Å². The summed E-state index contributed by atoms with van der Waals surface area (Å²) in [6.45, 7) is 9.88. The summed E-state index contributed by atoms with van der Waals surface area (Å²) in [4.78, 5) is 22.8. The second-order valence-corrected chi connectivity index (χ2v) is 12.5. The van der Waals surface area contributed by atoms with Crippen LogP contribution in [0.15, 0.2) is 55.0 Å². The number of aryl methyl sites for hydroxylation is 1. The van der Waals surface area contributed by atoms with E-state index in [-0.39, 0.29) is 12.2 Å². The number of benzene rings is 1. The van der Waals surface area contributed by atoms with Crippen LogP contribution in [-0.4, -0.2) is 76.8 Å². The molecule has 0 saturated carbocycles. The van der Waals surface area contributed by atoms with Gasteiger partial charge in [-0.25, -0.2) is 9.78 Å². The Balaban J connectivity index is 0.904. The van der Waals surface area contributed by atoms with Gasteiger partial charge in [0.05, 0.1) is 18.2 Å². The summed E-state index contributed by atoms with van der Waals surface area (Å²) < 4.78 is 25.3. The van der Waals surface area contributed by atoms with Gasteiger partial charge >= 0.3 is 6.09 Å². The van der Waals surface area contributed by atoms with E-state index in [9.17, 15) is 4.79 Å². The van der Waals surface area contributed by atoms with Crippen molar-refractivity contribution in [1.29, 1.82) is 0 Å². The number of carbonyl (C=O) groups excluding carboxylic acids is 1. The summed E-state index contributed by atoms with van der Waals surface area (Å²) in [5.41, 5.74) is 4.08. The van der Waals surface area contributed by atoms with Gasteiger partial charge in [0, 0.05) is 86.5 Å². The topological polar surface area (TPSA) is 87.9 Å². The fourth-order valence-corrected chi connectivity index (χ4v) is 5.54. The molecule has 0 bridgehead atoms. The molecular weight excluding hydrogens is 556 g/mol. The van der Waals surface area contributed by atoms with Gasteiger partial charge in [0.2, 0.25) is 5.88 Å². The van der Waals surface area contributed by atoms with Gasteiger partial charge in [-0.05, 0) is 83.1 Å². The smallest absolute Gasteiger partial charge is 0.410 e. The maximum absolute atomic E-state index is 12.2. The lowest BCUT2D eigenvalue weighted by Gasteiger charge is -2.33. The zero-order valence-corrected chi connectivity index (χ0v) is 26.6. The zero-order valence-electron chi connectivity index (χ0n) is 26.6. The molecule has 0 unspecified atom stereocenters. The van der Waals surface area contributed by atoms with Gasteiger partial charge in [-0.2, -0.15) is 0 Å². The number of nitrogens with zero attached hydrogens (tertiary/aromatic N) is 4. The number of piperidine rings is 1. The summed E-state index contributed by atoms with van der Waals surface area (Å²) in [5.74, 6) is 0.641. The van der Waals surface area contributed by atoms with E-state index in [0.717, 1.165) is 69.5 Å². The number of aromatic nitrogens is 3. The van der Waals surface area contributed by atoms with Crippen LogP contribution in [0.5, 0.6) is 5.88 Å². The molecule has 0 radical (unpaired) electrons. The average Bonchev–Trinajstić information content (AvgIpc) is 3.30. The van der Waals surface area contributed by atoms with E-state index in [1.165, 1.54) is 21.8 Å². The number of fused-ring (bicyclic) bond motifs is 3. The number of likely N-dealkylation sites (tertiary alicyclic amines) is 1. The van der Waals surface area contributed by atoms with Crippen LogP contribution in [0.3, 0.4) is 0 Å². The molecule has 1 saturated heterocycles. The summed E-state index contributed by atoms with van der Waals surface area (Å²) >= 11 is 0. The van der Waals surface area contributed by atoms with Crippen molar-refractivity contribution in [2.45, 2.75) is 71.0 Å². The molecule has 0 atom stereocenters. The van der Waals surface area contributed by atoms with Crippen LogP contribution in [0, 0.1) is 0 Å². The van der Waals surface area contributed by atoms with E-state index in [2.05, 4.69) is 51.9 Å². The van der Waals surface area contributed by atoms with Crippen LogP contribution < -0.4 is 4.74 Å². The molecule has 9 nitrogen and oxygen atoms in total. The monoisotopic (exact) mass is 602 g/mol. The van der Waals surface area contributed by atoms with E-state index in [1.54, 1.807) is 4.90 Å². The Labute approximate surface area is 260 Å². The van der Waals surface area contributed by atoms with E-state index < -0.39 is 5.60 Å². The van der Waals surface area contributed by atoms with Gasteiger partial charge in [0.25, 0.3) is 0 Å². The molecular formula is C35H46N4O5. The summed E-state index contributed by atoms with van der Waals surface area (Å²) in [6.07, 6.45) is 11.2.